The molecule has 3 heteroatoms. The van der Waals surface area contributed by atoms with Crippen molar-refractivity contribution in [1.29, 1.82) is 0 Å². The average molecular weight is 220 g/mol. The Balaban J connectivity index is 1.76. The summed E-state index contributed by atoms with van der Waals surface area (Å²) in [4.78, 5) is 0. The first-order chi connectivity index (χ1) is 7.87. The van der Waals surface area contributed by atoms with Gasteiger partial charge in [-0.15, -0.1) is 0 Å². The quantitative estimate of drug-likeness (QED) is 0.624. The fourth-order valence-electron chi connectivity index (χ4n) is 4.10. The molecule has 0 aromatic rings. The molecule has 0 N–H and O–H groups in total. The molecule has 2 fully saturated rings. The molecule has 4 aliphatic rings. The molecule has 0 aromatic carbocycles. The van der Waals surface area contributed by atoms with E-state index in [2.05, 4.69) is 24.3 Å². The van der Waals surface area contributed by atoms with Crippen LogP contribution in [0.2, 0.25) is 0 Å². The number of ether oxygens (including phenoxy) is 3. The van der Waals surface area contributed by atoms with Crippen molar-refractivity contribution in [2.75, 3.05) is 20.3 Å². The van der Waals surface area contributed by atoms with E-state index in [1.54, 1.807) is 7.11 Å². The first-order valence-electron chi connectivity index (χ1n) is 6.04. The number of fused-ring (bicyclic) bond motifs is 3. The van der Waals surface area contributed by atoms with E-state index in [9.17, 15) is 0 Å². The summed E-state index contributed by atoms with van der Waals surface area (Å²) in [5, 5.41) is 0. The predicted octanol–water partition coefficient (Wildman–Crippen LogP) is 1.36. The summed E-state index contributed by atoms with van der Waals surface area (Å²) >= 11 is 0. The van der Waals surface area contributed by atoms with Gasteiger partial charge in [0.15, 0.2) is 5.79 Å². The Morgan fingerprint density at radius 2 is 1.81 bits per heavy atom. The summed E-state index contributed by atoms with van der Waals surface area (Å²) in [7, 11) is 1.79. The fourth-order valence-corrected chi connectivity index (χ4v) is 4.10. The Kier molecular flexibility index (Phi) is 1.75. The number of hydrogen-bond donors (Lipinski definition) is 0. The van der Waals surface area contributed by atoms with Crippen molar-refractivity contribution >= 4 is 0 Å². The van der Waals surface area contributed by atoms with E-state index in [0.29, 0.717) is 23.7 Å². The fraction of sp³-hybridized carbons (Fsp3) is 0.692. The lowest BCUT2D eigenvalue weighted by molar-refractivity contribution is -0.189. The molecule has 3 nitrogen and oxygen atoms in total. The minimum Gasteiger partial charge on any atom is -0.377 e. The summed E-state index contributed by atoms with van der Waals surface area (Å²) in [6.07, 6.45) is 9.27. The van der Waals surface area contributed by atoms with Crippen LogP contribution in [0.3, 0.4) is 0 Å². The molecule has 2 bridgehead atoms. The van der Waals surface area contributed by atoms with Crippen LogP contribution in [-0.4, -0.2) is 32.2 Å². The summed E-state index contributed by atoms with van der Waals surface area (Å²) in [5.74, 6) is 1.46. The van der Waals surface area contributed by atoms with Crippen LogP contribution in [0.15, 0.2) is 24.3 Å². The molecule has 5 atom stereocenters. The second-order valence-corrected chi connectivity index (χ2v) is 5.09. The Labute approximate surface area is 95.1 Å². The largest absolute Gasteiger partial charge is 0.377 e. The van der Waals surface area contributed by atoms with Gasteiger partial charge in [-0.25, -0.2) is 0 Å². The smallest absolute Gasteiger partial charge is 0.181 e. The third-order valence-corrected chi connectivity index (χ3v) is 4.64. The number of hydrogen-bond acceptors (Lipinski definition) is 3. The van der Waals surface area contributed by atoms with Gasteiger partial charge in [0.25, 0.3) is 0 Å². The minimum absolute atomic E-state index is 0.231. The van der Waals surface area contributed by atoms with Gasteiger partial charge in [-0.3, -0.25) is 0 Å². The van der Waals surface area contributed by atoms with Crippen LogP contribution >= 0.6 is 0 Å². The van der Waals surface area contributed by atoms with Gasteiger partial charge in [-0.1, -0.05) is 24.3 Å². The SMILES string of the molecule is COC1C=CC2C1C1C=CC2C12OCCO2. The van der Waals surface area contributed by atoms with Crippen LogP contribution in [0.4, 0.5) is 0 Å². The third kappa shape index (κ3) is 0.873. The second-order valence-electron chi connectivity index (χ2n) is 5.09. The van der Waals surface area contributed by atoms with Crippen LogP contribution in [0.1, 0.15) is 0 Å². The van der Waals surface area contributed by atoms with Crippen LogP contribution in [0.5, 0.6) is 0 Å². The lowest BCUT2D eigenvalue weighted by atomic mass is 9.84. The van der Waals surface area contributed by atoms with Gasteiger partial charge in [-0.05, 0) is 5.92 Å². The first-order valence-corrected chi connectivity index (χ1v) is 6.04. The Morgan fingerprint density at radius 3 is 2.56 bits per heavy atom. The molecule has 1 aliphatic heterocycles. The molecule has 0 aromatic heterocycles. The standard InChI is InChI=1S/C13H16O3/c1-14-11-5-2-8-9-3-4-10(12(8)11)13(9)15-6-7-16-13/h2-5,8-12H,6-7H2,1H3. The van der Waals surface area contributed by atoms with Gasteiger partial charge >= 0.3 is 0 Å². The van der Waals surface area contributed by atoms with E-state index in [1.165, 1.54) is 0 Å². The van der Waals surface area contributed by atoms with E-state index in [0.717, 1.165) is 13.2 Å². The summed E-state index contributed by atoms with van der Waals surface area (Å²) in [6, 6.07) is 0. The normalized spacial score (nSPS) is 50.7. The zero-order valence-electron chi connectivity index (χ0n) is 9.34. The van der Waals surface area contributed by atoms with Crippen molar-refractivity contribution in [3.8, 4) is 0 Å². The molecule has 16 heavy (non-hydrogen) atoms. The highest BCUT2D eigenvalue weighted by atomic mass is 16.7. The van der Waals surface area contributed by atoms with Crippen molar-refractivity contribution in [3.63, 3.8) is 0 Å². The van der Waals surface area contributed by atoms with Gasteiger partial charge in [0.05, 0.1) is 19.3 Å². The highest BCUT2D eigenvalue weighted by Gasteiger charge is 2.66. The van der Waals surface area contributed by atoms with E-state index in [4.69, 9.17) is 14.2 Å². The van der Waals surface area contributed by atoms with Gasteiger partial charge in [0, 0.05) is 24.9 Å². The van der Waals surface area contributed by atoms with Crippen LogP contribution in [-0.2, 0) is 14.2 Å². The van der Waals surface area contributed by atoms with Gasteiger partial charge in [0.1, 0.15) is 0 Å². The van der Waals surface area contributed by atoms with Crippen molar-refractivity contribution in [2.24, 2.45) is 23.7 Å². The Hall–Kier alpha value is -0.640. The molecule has 4 rings (SSSR count). The highest BCUT2D eigenvalue weighted by molar-refractivity contribution is 5.31. The summed E-state index contributed by atoms with van der Waals surface area (Å²) in [6.45, 7) is 1.46. The van der Waals surface area contributed by atoms with Crippen LogP contribution in [0.25, 0.3) is 0 Å². The van der Waals surface area contributed by atoms with Gasteiger partial charge < -0.3 is 14.2 Å². The zero-order chi connectivity index (χ0) is 10.8. The molecule has 0 radical (unpaired) electrons. The molecule has 1 spiro atoms. The zero-order valence-corrected chi connectivity index (χ0v) is 9.34. The van der Waals surface area contributed by atoms with Crippen molar-refractivity contribution in [2.45, 2.75) is 11.9 Å². The maximum Gasteiger partial charge on any atom is 0.181 e. The second kappa shape index (κ2) is 2.97. The first kappa shape index (κ1) is 9.40. The van der Waals surface area contributed by atoms with E-state index in [1.807, 2.05) is 0 Å². The Morgan fingerprint density at radius 1 is 1.06 bits per heavy atom. The van der Waals surface area contributed by atoms with Crippen molar-refractivity contribution in [3.05, 3.63) is 24.3 Å². The molecular formula is C13H16O3. The molecule has 1 saturated heterocycles. The average Bonchev–Trinajstić information content (AvgIpc) is 3.05. The summed E-state index contributed by atoms with van der Waals surface area (Å²) in [5.41, 5.74) is 0. The molecule has 0 amide bonds. The maximum absolute atomic E-state index is 5.94. The van der Waals surface area contributed by atoms with Crippen LogP contribution < -0.4 is 0 Å². The van der Waals surface area contributed by atoms with Crippen molar-refractivity contribution < 1.29 is 14.2 Å². The number of rotatable bonds is 1. The minimum atomic E-state index is -0.350. The topological polar surface area (TPSA) is 27.7 Å². The maximum atomic E-state index is 5.94. The number of allylic oxidation sites excluding steroid dienone is 1. The molecular weight excluding hydrogens is 204 g/mol. The predicted molar refractivity (Wildman–Crippen MR) is 57.7 cm³/mol. The van der Waals surface area contributed by atoms with Gasteiger partial charge in [-0.2, -0.15) is 0 Å². The lowest BCUT2D eigenvalue weighted by Gasteiger charge is -2.30. The van der Waals surface area contributed by atoms with Crippen molar-refractivity contribution in [1.82, 2.24) is 0 Å². The Bertz CT molecular complexity index is 367. The third-order valence-electron chi connectivity index (χ3n) is 4.64. The van der Waals surface area contributed by atoms with Crippen LogP contribution in [0, 0.1) is 23.7 Å². The molecule has 5 unspecified atom stereocenters. The molecule has 86 valence electrons. The van der Waals surface area contributed by atoms with E-state index >= 15 is 0 Å². The summed E-state index contributed by atoms with van der Waals surface area (Å²) < 4.78 is 17.4. The molecule has 3 aliphatic carbocycles. The van der Waals surface area contributed by atoms with Gasteiger partial charge in [0.2, 0.25) is 0 Å². The van der Waals surface area contributed by atoms with E-state index in [-0.39, 0.29) is 11.9 Å². The monoisotopic (exact) mass is 220 g/mol. The molecule has 1 saturated carbocycles. The highest BCUT2D eigenvalue weighted by Crippen LogP contribution is 2.61. The number of methoxy groups -OCH3 is 1. The lowest BCUT2D eigenvalue weighted by Crippen LogP contribution is -2.39. The van der Waals surface area contributed by atoms with E-state index < -0.39 is 0 Å². The molecule has 1 heterocycles.